The Morgan fingerprint density at radius 1 is 0.214 bits per heavy atom. The Labute approximate surface area is 238 Å². The lowest BCUT2D eigenvalue weighted by Crippen LogP contribution is -2.04. The molecule has 7 aromatic rings. The standard InChI is InChI=1S/C30H18N12/c1-7-31-37-13-19(1)25-26(20-2-8-32-38-14-20)28(22-4-10-34-40-16-22)30(24-6-12-36-42-18-24)29(23-5-11-35-41-17-23)27(25)21-3-9-33-39-15-21/h1-18H. The molecule has 12 heteroatoms. The lowest BCUT2D eigenvalue weighted by atomic mass is 9.75. The van der Waals surface area contributed by atoms with Gasteiger partial charge in [0.25, 0.3) is 0 Å². The summed E-state index contributed by atoms with van der Waals surface area (Å²) in [6.45, 7) is 0. The first-order valence-electron chi connectivity index (χ1n) is 12.8. The van der Waals surface area contributed by atoms with Crippen molar-refractivity contribution in [1.82, 2.24) is 61.2 Å². The maximum atomic E-state index is 4.25. The van der Waals surface area contributed by atoms with Crippen LogP contribution in [0.4, 0.5) is 0 Å². The molecule has 0 aliphatic rings. The Bertz CT molecular complexity index is 1550. The summed E-state index contributed by atoms with van der Waals surface area (Å²) < 4.78 is 0. The van der Waals surface area contributed by atoms with Crippen LogP contribution in [0.1, 0.15) is 0 Å². The summed E-state index contributed by atoms with van der Waals surface area (Å²) in [6.07, 6.45) is 20.4. The van der Waals surface area contributed by atoms with E-state index in [1.54, 1.807) is 74.4 Å². The summed E-state index contributed by atoms with van der Waals surface area (Å²) in [5.74, 6) is 0. The van der Waals surface area contributed by atoms with Crippen LogP contribution in [-0.2, 0) is 0 Å². The van der Waals surface area contributed by atoms with Crippen molar-refractivity contribution < 1.29 is 0 Å². The minimum atomic E-state index is 0.828. The largest absolute Gasteiger partial charge is 0.159 e. The molecular formula is C30H18N12. The maximum Gasteiger partial charge on any atom is 0.0575 e. The van der Waals surface area contributed by atoms with Crippen LogP contribution in [-0.4, -0.2) is 61.2 Å². The molecule has 0 saturated heterocycles. The molecule has 7 rings (SSSR count). The van der Waals surface area contributed by atoms with Crippen molar-refractivity contribution in [3.63, 3.8) is 0 Å². The number of aromatic nitrogens is 12. The molecule has 0 atom stereocenters. The van der Waals surface area contributed by atoms with Gasteiger partial charge in [0.1, 0.15) is 0 Å². The molecule has 42 heavy (non-hydrogen) atoms. The summed E-state index contributed by atoms with van der Waals surface area (Å²) in [5, 5.41) is 49.8. The maximum absolute atomic E-state index is 4.25. The Kier molecular flexibility index (Phi) is 6.51. The van der Waals surface area contributed by atoms with Gasteiger partial charge >= 0.3 is 0 Å². The highest BCUT2D eigenvalue weighted by atomic mass is 15.1. The van der Waals surface area contributed by atoms with Gasteiger partial charge in [-0.2, -0.15) is 61.2 Å². The van der Waals surface area contributed by atoms with Crippen molar-refractivity contribution in [2.45, 2.75) is 0 Å². The van der Waals surface area contributed by atoms with Crippen LogP contribution in [0.3, 0.4) is 0 Å². The van der Waals surface area contributed by atoms with E-state index in [1.165, 1.54) is 0 Å². The third kappa shape index (κ3) is 4.48. The van der Waals surface area contributed by atoms with Crippen molar-refractivity contribution in [2.24, 2.45) is 0 Å². The molecule has 0 bridgehead atoms. The minimum Gasteiger partial charge on any atom is -0.159 e. The normalized spacial score (nSPS) is 10.9. The van der Waals surface area contributed by atoms with Gasteiger partial charge in [-0.3, -0.25) is 0 Å². The third-order valence-electron chi connectivity index (χ3n) is 6.74. The zero-order valence-corrected chi connectivity index (χ0v) is 21.8. The molecule has 0 N–H and O–H groups in total. The van der Waals surface area contributed by atoms with Crippen molar-refractivity contribution in [3.8, 4) is 66.8 Å². The Balaban J connectivity index is 1.81. The lowest BCUT2D eigenvalue weighted by molar-refractivity contribution is 1.02. The van der Waals surface area contributed by atoms with Gasteiger partial charge in [0.15, 0.2) is 0 Å². The third-order valence-corrected chi connectivity index (χ3v) is 6.74. The van der Waals surface area contributed by atoms with Gasteiger partial charge in [-0.15, -0.1) is 0 Å². The second-order valence-corrected chi connectivity index (χ2v) is 9.04. The molecule has 0 amide bonds. The summed E-state index contributed by atoms with van der Waals surface area (Å²) >= 11 is 0. The first-order chi connectivity index (χ1) is 20.9. The zero-order valence-electron chi connectivity index (χ0n) is 21.8. The molecule has 6 aromatic heterocycles. The van der Waals surface area contributed by atoms with Crippen LogP contribution in [0, 0.1) is 0 Å². The fourth-order valence-corrected chi connectivity index (χ4v) is 5.11. The predicted octanol–water partition coefficient (Wildman–Crippen LogP) is 4.43. The molecule has 6 heterocycles. The molecule has 0 fully saturated rings. The van der Waals surface area contributed by atoms with Crippen LogP contribution >= 0.6 is 0 Å². The number of benzene rings is 1. The molecule has 0 unspecified atom stereocenters. The van der Waals surface area contributed by atoms with Crippen molar-refractivity contribution in [2.75, 3.05) is 0 Å². The van der Waals surface area contributed by atoms with E-state index >= 15 is 0 Å². The highest BCUT2D eigenvalue weighted by molar-refractivity contribution is 6.14. The van der Waals surface area contributed by atoms with Crippen LogP contribution in [0.25, 0.3) is 66.8 Å². The van der Waals surface area contributed by atoms with E-state index in [9.17, 15) is 0 Å². The Morgan fingerprint density at radius 2 is 0.381 bits per heavy atom. The first kappa shape index (κ1) is 24.7. The van der Waals surface area contributed by atoms with E-state index in [2.05, 4.69) is 61.2 Å². The van der Waals surface area contributed by atoms with Gasteiger partial charge in [-0.1, -0.05) is 0 Å². The number of nitrogens with zero attached hydrogens (tertiary/aromatic N) is 12. The van der Waals surface area contributed by atoms with Gasteiger partial charge in [-0.05, 0) is 36.4 Å². The van der Waals surface area contributed by atoms with Crippen LogP contribution in [0.5, 0.6) is 0 Å². The zero-order chi connectivity index (χ0) is 28.1. The monoisotopic (exact) mass is 546 g/mol. The van der Waals surface area contributed by atoms with Crippen LogP contribution in [0.15, 0.2) is 111 Å². The van der Waals surface area contributed by atoms with Crippen molar-refractivity contribution in [1.29, 1.82) is 0 Å². The van der Waals surface area contributed by atoms with Gasteiger partial charge in [0.05, 0.1) is 74.4 Å². The second-order valence-electron chi connectivity index (χ2n) is 9.04. The fourth-order valence-electron chi connectivity index (χ4n) is 5.11. The molecule has 0 aliphatic carbocycles. The SMILES string of the molecule is c1cc(-c2c(-c3ccnnc3)c(-c3ccnnc3)c(-c3ccnnc3)c(-c3ccnnc3)c2-c2ccnnc2)cnn1. The van der Waals surface area contributed by atoms with E-state index < -0.39 is 0 Å². The van der Waals surface area contributed by atoms with E-state index in [1.807, 2.05) is 36.4 Å². The van der Waals surface area contributed by atoms with Crippen molar-refractivity contribution in [3.05, 3.63) is 111 Å². The smallest absolute Gasteiger partial charge is 0.0575 e. The first-order valence-corrected chi connectivity index (χ1v) is 12.8. The number of hydrogen-bond donors (Lipinski definition) is 0. The highest BCUT2D eigenvalue weighted by Crippen LogP contribution is 2.55. The average Bonchev–Trinajstić information content (AvgIpc) is 3.09. The van der Waals surface area contributed by atoms with E-state index in [0.29, 0.717) is 0 Å². The molecular weight excluding hydrogens is 528 g/mol. The van der Waals surface area contributed by atoms with Crippen molar-refractivity contribution >= 4 is 0 Å². The van der Waals surface area contributed by atoms with E-state index in [0.717, 1.165) is 66.8 Å². The van der Waals surface area contributed by atoms with Gasteiger partial charge in [-0.25, -0.2) is 0 Å². The quantitative estimate of drug-likeness (QED) is 0.290. The lowest BCUT2D eigenvalue weighted by Gasteiger charge is -2.27. The molecule has 198 valence electrons. The molecule has 1 aromatic carbocycles. The van der Waals surface area contributed by atoms with E-state index in [-0.39, 0.29) is 0 Å². The Hall–Kier alpha value is -6.30. The number of hydrogen-bond acceptors (Lipinski definition) is 12. The van der Waals surface area contributed by atoms with Gasteiger partial charge in [0.2, 0.25) is 0 Å². The molecule has 0 spiro atoms. The summed E-state index contributed by atoms with van der Waals surface area (Å²) in [5.41, 5.74) is 10.2. The average molecular weight is 547 g/mol. The summed E-state index contributed by atoms with van der Waals surface area (Å²) in [7, 11) is 0. The fraction of sp³-hybridized carbons (Fsp3) is 0. The minimum absolute atomic E-state index is 0.828. The second kappa shape index (κ2) is 11.1. The van der Waals surface area contributed by atoms with Gasteiger partial charge < -0.3 is 0 Å². The molecule has 0 saturated carbocycles. The van der Waals surface area contributed by atoms with E-state index in [4.69, 9.17) is 0 Å². The topological polar surface area (TPSA) is 155 Å². The molecule has 0 radical (unpaired) electrons. The van der Waals surface area contributed by atoms with Gasteiger partial charge in [0, 0.05) is 66.8 Å². The highest BCUT2D eigenvalue weighted by Gasteiger charge is 2.29. The molecule has 0 aliphatic heterocycles. The van der Waals surface area contributed by atoms with Crippen LogP contribution < -0.4 is 0 Å². The summed E-state index contributed by atoms with van der Waals surface area (Å²) in [6, 6.07) is 11.6. The molecule has 12 nitrogen and oxygen atoms in total. The summed E-state index contributed by atoms with van der Waals surface area (Å²) in [4.78, 5) is 0. The Morgan fingerprint density at radius 3 is 0.500 bits per heavy atom. The van der Waals surface area contributed by atoms with Crippen LogP contribution in [0.2, 0.25) is 0 Å². The predicted molar refractivity (Wildman–Crippen MR) is 153 cm³/mol. The number of rotatable bonds is 6.